The number of rotatable bonds is 7. The molecule has 0 aliphatic carbocycles. The first-order chi connectivity index (χ1) is 13.1. The number of piperidine rings is 2. The van der Waals surface area contributed by atoms with Crippen LogP contribution < -0.4 is 5.73 Å². The van der Waals surface area contributed by atoms with E-state index < -0.39 is 0 Å². The highest BCUT2D eigenvalue weighted by Gasteiger charge is 2.32. The van der Waals surface area contributed by atoms with Crippen LogP contribution in [0.15, 0.2) is 12.4 Å². The third-order valence-electron chi connectivity index (χ3n) is 5.91. The van der Waals surface area contributed by atoms with Gasteiger partial charge in [-0.1, -0.05) is 13.3 Å². The molecule has 2 aliphatic rings. The topological polar surface area (TPSA) is 84.5 Å². The molecule has 1 aromatic rings. The molecule has 1 unspecified atom stereocenters. The Labute approximate surface area is 161 Å². The zero-order valence-corrected chi connectivity index (χ0v) is 16.5. The summed E-state index contributed by atoms with van der Waals surface area (Å²) in [5, 5.41) is 0. The van der Waals surface area contributed by atoms with Crippen LogP contribution in [0.3, 0.4) is 0 Å². The van der Waals surface area contributed by atoms with E-state index in [1.165, 1.54) is 18.7 Å². The van der Waals surface area contributed by atoms with Crippen LogP contribution in [0, 0.1) is 5.92 Å². The number of imidazole rings is 1. The van der Waals surface area contributed by atoms with Gasteiger partial charge in [0.15, 0.2) is 0 Å². The summed E-state index contributed by atoms with van der Waals surface area (Å²) in [5.41, 5.74) is 5.31. The summed E-state index contributed by atoms with van der Waals surface area (Å²) in [7, 11) is 0. The van der Waals surface area contributed by atoms with Crippen LogP contribution in [0.5, 0.6) is 0 Å². The van der Waals surface area contributed by atoms with E-state index in [9.17, 15) is 9.59 Å². The van der Waals surface area contributed by atoms with Crippen molar-refractivity contribution in [1.82, 2.24) is 19.4 Å². The van der Waals surface area contributed by atoms with E-state index in [1.54, 1.807) is 0 Å². The Bertz CT molecular complexity index is 636. The molecule has 2 N–H and O–H groups in total. The predicted octanol–water partition coefficient (Wildman–Crippen LogP) is 1.59. The summed E-state index contributed by atoms with van der Waals surface area (Å²) in [6.07, 6.45) is 10.2. The summed E-state index contributed by atoms with van der Waals surface area (Å²) >= 11 is 0. The second-order valence-electron chi connectivity index (χ2n) is 7.97. The van der Waals surface area contributed by atoms with Crippen molar-refractivity contribution in [1.29, 1.82) is 0 Å². The lowest BCUT2D eigenvalue weighted by Crippen LogP contribution is -2.48. The fraction of sp³-hybridized carbons (Fsp3) is 0.750. The Kier molecular flexibility index (Phi) is 6.88. The molecule has 0 bridgehead atoms. The van der Waals surface area contributed by atoms with Crippen LogP contribution in [0.4, 0.5) is 0 Å². The fourth-order valence-electron chi connectivity index (χ4n) is 4.44. The number of nitrogens with two attached hydrogens (primary N) is 1. The number of aryl methyl sites for hydroxylation is 1. The van der Waals surface area contributed by atoms with Crippen molar-refractivity contribution in [3.63, 3.8) is 0 Å². The minimum atomic E-state index is -0.317. The average molecular weight is 376 g/mol. The smallest absolute Gasteiger partial charge is 0.231 e. The monoisotopic (exact) mass is 375 g/mol. The number of amides is 2. The van der Waals surface area contributed by atoms with E-state index >= 15 is 0 Å². The number of carbonyl (C=O) groups excluding carboxylic acids is 2. The van der Waals surface area contributed by atoms with Crippen LogP contribution in [-0.4, -0.2) is 63.9 Å². The quantitative estimate of drug-likeness (QED) is 0.784. The van der Waals surface area contributed by atoms with Crippen molar-refractivity contribution >= 4 is 11.8 Å². The van der Waals surface area contributed by atoms with E-state index in [2.05, 4.69) is 22.7 Å². The third-order valence-corrected chi connectivity index (χ3v) is 5.91. The van der Waals surface area contributed by atoms with Crippen molar-refractivity contribution < 1.29 is 9.59 Å². The van der Waals surface area contributed by atoms with Gasteiger partial charge in [0.05, 0.1) is 12.5 Å². The molecule has 0 radical (unpaired) electrons. The van der Waals surface area contributed by atoms with Crippen LogP contribution in [0.1, 0.15) is 57.2 Å². The average Bonchev–Trinajstić information content (AvgIpc) is 3.14. The molecule has 0 aromatic carbocycles. The summed E-state index contributed by atoms with van der Waals surface area (Å²) in [6, 6.07) is 0. The van der Waals surface area contributed by atoms with Crippen LogP contribution in [-0.2, 0) is 16.1 Å². The first-order valence-corrected chi connectivity index (χ1v) is 10.4. The summed E-state index contributed by atoms with van der Waals surface area (Å²) < 4.78 is 2.29. The highest BCUT2D eigenvalue weighted by atomic mass is 16.2. The Morgan fingerprint density at radius 3 is 2.70 bits per heavy atom. The SMILES string of the molecule is CCCCn1ccnc1C1CCN(C(=O)C2CCCN(CC(N)=O)C2)CC1. The molecule has 0 saturated carbocycles. The highest BCUT2D eigenvalue weighted by molar-refractivity contribution is 5.80. The Morgan fingerprint density at radius 2 is 2.00 bits per heavy atom. The Balaban J connectivity index is 1.52. The molecule has 1 atom stereocenters. The van der Waals surface area contributed by atoms with Crippen LogP contribution in [0.2, 0.25) is 0 Å². The number of aromatic nitrogens is 2. The zero-order valence-electron chi connectivity index (χ0n) is 16.5. The van der Waals surface area contributed by atoms with Gasteiger partial charge in [0.2, 0.25) is 11.8 Å². The van der Waals surface area contributed by atoms with Gasteiger partial charge in [0.25, 0.3) is 0 Å². The normalized spacial score (nSPS) is 22.1. The second-order valence-corrected chi connectivity index (χ2v) is 7.97. The van der Waals surface area contributed by atoms with Gasteiger partial charge < -0.3 is 15.2 Å². The van der Waals surface area contributed by atoms with Gasteiger partial charge in [0.1, 0.15) is 5.82 Å². The van der Waals surface area contributed by atoms with Crippen molar-refractivity contribution in [3.8, 4) is 0 Å². The molecule has 150 valence electrons. The number of hydrogen-bond acceptors (Lipinski definition) is 4. The minimum absolute atomic E-state index is 0.00110. The first kappa shape index (κ1) is 19.9. The van der Waals surface area contributed by atoms with Crippen LogP contribution in [0.25, 0.3) is 0 Å². The lowest BCUT2D eigenvalue weighted by molar-refractivity contribution is -0.139. The maximum atomic E-state index is 12.9. The number of primary amides is 1. The minimum Gasteiger partial charge on any atom is -0.369 e. The number of likely N-dealkylation sites (tertiary alicyclic amines) is 2. The van der Waals surface area contributed by atoms with Gasteiger partial charge in [-0.3, -0.25) is 14.5 Å². The van der Waals surface area contributed by atoms with Gasteiger partial charge >= 0.3 is 0 Å². The van der Waals surface area contributed by atoms with Gasteiger partial charge in [-0.25, -0.2) is 4.98 Å². The molecule has 2 aliphatic heterocycles. The molecule has 7 heteroatoms. The van der Waals surface area contributed by atoms with E-state index in [0.29, 0.717) is 12.5 Å². The van der Waals surface area contributed by atoms with Crippen molar-refractivity contribution in [3.05, 3.63) is 18.2 Å². The molecule has 3 rings (SSSR count). The maximum absolute atomic E-state index is 12.9. The highest BCUT2D eigenvalue weighted by Crippen LogP contribution is 2.29. The van der Waals surface area contributed by atoms with E-state index in [4.69, 9.17) is 5.73 Å². The lowest BCUT2D eigenvalue weighted by atomic mass is 9.92. The molecule has 3 heterocycles. The molecule has 7 nitrogen and oxygen atoms in total. The maximum Gasteiger partial charge on any atom is 0.231 e. The zero-order chi connectivity index (χ0) is 19.2. The molecule has 0 spiro atoms. The third kappa shape index (κ3) is 5.09. The fourth-order valence-corrected chi connectivity index (χ4v) is 4.44. The van der Waals surface area contributed by atoms with Gasteiger partial charge in [-0.15, -0.1) is 0 Å². The summed E-state index contributed by atoms with van der Waals surface area (Å²) in [5.74, 6) is 1.56. The van der Waals surface area contributed by atoms with Crippen molar-refractivity contribution in [2.24, 2.45) is 11.7 Å². The summed E-state index contributed by atoms with van der Waals surface area (Å²) in [6.45, 7) is 6.61. The van der Waals surface area contributed by atoms with E-state index in [1.807, 2.05) is 16.0 Å². The molecule has 2 fully saturated rings. The Hall–Kier alpha value is -1.89. The number of nitrogens with zero attached hydrogens (tertiary/aromatic N) is 4. The van der Waals surface area contributed by atoms with Gasteiger partial charge in [0, 0.05) is 44.5 Å². The predicted molar refractivity (Wildman–Crippen MR) is 104 cm³/mol. The standard InChI is InChI=1S/C20H33N5O2/c1-2-3-10-24-13-8-22-19(24)16-6-11-25(12-7-16)20(27)17-5-4-9-23(14-17)15-18(21)26/h8,13,16-17H,2-7,9-12,14-15H2,1H3,(H2,21,26). The van der Waals surface area contributed by atoms with Crippen LogP contribution >= 0.6 is 0 Å². The molecular formula is C20H33N5O2. The lowest BCUT2D eigenvalue weighted by Gasteiger charge is -2.37. The molecule has 27 heavy (non-hydrogen) atoms. The van der Waals surface area contributed by atoms with Gasteiger partial charge in [-0.05, 0) is 38.6 Å². The van der Waals surface area contributed by atoms with E-state index in [-0.39, 0.29) is 24.3 Å². The molecule has 2 amide bonds. The van der Waals surface area contributed by atoms with Crippen molar-refractivity contribution in [2.75, 3.05) is 32.7 Å². The summed E-state index contributed by atoms with van der Waals surface area (Å²) in [4.78, 5) is 32.8. The molecular weight excluding hydrogens is 342 g/mol. The molecule has 1 aromatic heterocycles. The number of hydrogen-bond donors (Lipinski definition) is 1. The molecule has 2 saturated heterocycles. The van der Waals surface area contributed by atoms with Crippen molar-refractivity contribution in [2.45, 2.75) is 57.9 Å². The second kappa shape index (κ2) is 9.35. The Morgan fingerprint density at radius 1 is 1.22 bits per heavy atom. The van der Waals surface area contributed by atoms with Gasteiger partial charge in [-0.2, -0.15) is 0 Å². The number of carbonyl (C=O) groups is 2. The largest absolute Gasteiger partial charge is 0.369 e. The first-order valence-electron chi connectivity index (χ1n) is 10.4. The number of unbranched alkanes of at least 4 members (excludes halogenated alkanes) is 1. The van der Waals surface area contributed by atoms with E-state index in [0.717, 1.165) is 51.9 Å².